The monoisotopic (exact) mass is 1220 g/mol. The van der Waals surface area contributed by atoms with E-state index in [4.69, 9.17) is 5.11 Å². The second-order valence-corrected chi connectivity index (χ2v) is 22.8. The van der Waals surface area contributed by atoms with Gasteiger partial charge in [-0.1, -0.05) is 66.9 Å². The minimum Gasteiger partial charge on any atom is -0.857 e. The normalized spacial score (nSPS) is 16.6. The van der Waals surface area contributed by atoms with Crippen LogP contribution < -0.4 is 45.3 Å². The van der Waals surface area contributed by atoms with E-state index in [1.807, 2.05) is 0 Å². The standard InChI is InChI=1S/C34H29F3N4O5S.C27H23F3N4O3.CH3O.Na/c1-19-9-11-23(12-10-19)47(45,46)41-18-27(26-15-21(35)16-28(36)31(26)41)32-38-17-29(37)33(40-32)39-22-6-4-5-20(13-22)14-30(42)24-7-2-3-8-25(24)34(43)44;28-15-10-19-20(12-31-24(19)21(29)11-15)25-32-13-22(30)26(34-25)33-16-5-3-4-14(8-16)9-23(35)17-6-1-2-7-18(17)27(36)37;1-2;/h2-3,7-12,15-18,20,22H,4-6,13-14H2,1H3,(H,43,44)(H,38,39,40);1-2,6-7,10-14,16,31H,3-5,8-9H2,(H,36,37)(H,32,33,34);1H3;/q;;-1;+1/t20-,22+;14-,16+;;/m11../s1. The minimum atomic E-state index is -4.34. The average molecular weight is 1230 g/mol. The Kier molecular flexibility index (Phi) is 20.9. The van der Waals surface area contributed by atoms with Gasteiger partial charge in [-0.2, -0.15) is 7.11 Å². The van der Waals surface area contributed by atoms with Crippen molar-refractivity contribution in [3.63, 3.8) is 0 Å². The van der Waals surface area contributed by atoms with E-state index in [1.165, 1.54) is 42.6 Å². The number of rotatable bonds is 16. The number of aromatic carboxylic acids is 2. The third kappa shape index (κ3) is 14.6. The van der Waals surface area contributed by atoms with Crippen LogP contribution >= 0.6 is 0 Å². The van der Waals surface area contributed by atoms with Gasteiger partial charge in [0, 0.05) is 82.5 Å². The van der Waals surface area contributed by atoms with Crippen LogP contribution in [-0.4, -0.2) is 90.2 Å². The summed E-state index contributed by atoms with van der Waals surface area (Å²) in [5.41, 5.74) is 1.05. The fourth-order valence-corrected chi connectivity index (χ4v) is 12.5. The maximum Gasteiger partial charge on any atom is 1.00 e. The summed E-state index contributed by atoms with van der Waals surface area (Å²) >= 11 is 0. The van der Waals surface area contributed by atoms with E-state index in [-0.39, 0.29) is 150 Å². The Morgan fingerprint density at radius 2 is 1.08 bits per heavy atom. The number of carbonyl (C=O) groups is 4. The molecule has 5 aromatic carbocycles. The van der Waals surface area contributed by atoms with Gasteiger partial charge < -0.3 is 30.9 Å². The molecule has 17 nitrogen and oxygen atoms in total. The van der Waals surface area contributed by atoms with E-state index < -0.39 is 62.4 Å². The number of Topliss-reactive ketones (excluding diaryl/α,β-unsaturated/α-hetero) is 2. The maximum atomic E-state index is 15.2. The molecule has 2 aliphatic carbocycles. The molecule has 5 N–H and O–H groups in total. The predicted octanol–water partition coefficient (Wildman–Crippen LogP) is 8.97. The van der Waals surface area contributed by atoms with Crippen LogP contribution in [-0.2, 0) is 10.0 Å². The van der Waals surface area contributed by atoms with E-state index in [0.29, 0.717) is 34.9 Å². The molecular weight excluding hydrogens is 1170 g/mol. The zero-order valence-electron chi connectivity index (χ0n) is 47.1. The molecule has 0 radical (unpaired) electrons. The fourth-order valence-electron chi connectivity index (χ4n) is 11.1. The quantitative estimate of drug-likeness (QED) is 0.0343. The van der Waals surface area contributed by atoms with Crippen LogP contribution in [0.15, 0.2) is 127 Å². The number of anilines is 2. The van der Waals surface area contributed by atoms with Crippen molar-refractivity contribution in [2.24, 2.45) is 11.8 Å². The molecule has 0 amide bonds. The van der Waals surface area contributed by atoms with Gasteiger partial charge in [-0.25, -0.2) is 68.3 Å². The third-order valence-corrected chi connectivity index (χ3v) is 16.8. The SMILES string of the molecule is C[O-].Cc1ccc(S(=O)(=O)n2cc(-c3ncc(F)c(N[C@H]4CCC[C@@H](CC(=O)c5ccccc5C(=O)O)C4)n3)c3cc(F)cc(F)c32)cc1.O=C(O)c1ccccc1C(=O)C[C@@H]1CCC[C@H](Nc2nc(-c3c[nH]c4c(F)cc(F)cc34)ncc2F)C1.[Na+]. The summed E-state index contributed by atoms with van der Waals surface area (Å²) in [7, 11) is -3.59. The first-order valence-corrected chi connectivity index (χ1v) is 28.7. The summed E-state index contributed by atoms with van der Waals surface area (Å²) in [6, 6.07) is 21.1. The Morgan fingerprint density at radius 1 is 0.621 bits per heavy atom. The smallest absolute Gasteiger partial charge is 0.857 e. The van der Waals surface area contributed by atoms with Gasteiger partial charge in [-0.15, -0.1) is 0 Å². The van der Waals surface area contributed by atoms with E-state index >= 15 is 8.78 Å². The van der Waals surface area contributed by atoms with E-state index in [1.54, 1.807) is 43.3 Å². The van der Waals surface area contributed by atoms with Crippen molar-refractivity contribution in [2.75, 3.05) is 17.7 Å². The average Bonchev–Trinajstić information content (AvgIpc) is 1.96. The molecular formula is C62H55F6N8NaO9S. The van der Waals surface area contributed by atoms with Crippen molar-refractivity contribution < 1.29 is 98.8 Å². The van der Waals surface area contributed by atoms with Gasteiger partial charge >= 0.3 is 41.5 Å². The molecule has 87 heavy (non-hydrogen) atoms. The number of aryl methyl sites for hydroxylation is 1. The number of benzene rings is 5. The molecule has 4 heterocycles. The Hall–Kier alpha value is -8.29. The van der Waals surface area contributed by atoms with Crippen LogP contribution in [0.25, 0.3) is 44.6 Å². The molecule has 4 atom stereocenters. The molecule has 2 aliphatic rings. The number of nitrogens with zero attached hydrogens (tertiary/aromatic N) is 5. The van der Waals surface area contributed by atoms with Crippen molar-refractivity contribution in [2.45, 2.75) is 88.1 Å². The van der Waals surface area contributed by atoms with Gasteiger partial charge in [0.1, 0.15) is 23.0 Å². The maximum absolute atomic E-state index is 15.2. The van der Waals surface area contributed by atoms with Crippen LogP contribution in [0.4, 0.5) is 38.0 Å². The van der Waals surface area contributed by atoms with Crippen molar-refractivity contribution in [3.05, 3.63) is 185 Å². The molecule has 25 heteroatoms. The van der Waals surface area contributed by atoms with Crippen molar-refractivity contribution in [1.29, 1.82) is 0 Å². The van der Waals surface area contributed by atoms with Crippen LogP contribution in [0.5, 0.6) is 0 Å². The third-order valence-electron chi connectivity index (χ3n) is 15.2. The number of aromatic nitrogens is 6. The van der Waals surface area contributed by atoms with Crippen LogP contribution in [0.3, 0.4) is 0 Å². The number of halogens is 6. The number of carboxylic acids is 2. The first kappa shape index (κ1) is 64.7. The van der Waals surface area contributed by atoms with Crippen molar-refractivity contribution in [3.8, 4) is 22.8 Å². The molecule has 0 bridgehead atoms. The molecule has 446 valence electrons. The predicted molar refractivity (Wildman–Crippen MR) is 305 cm³/mol. The Morgan fingerprint density at radius 3 is 1.57 bits per heavy atom. The minimum absolute atomic E-state index is 0. The number of nitrogens with one attached hydrogen (secondary N) is 3. The van der Waals surface area contributed by atoms with Crippen LogP contribution in [0.1, 0.15) is 111 Å². The number of ketones is 2. The summed E-state index contributed by atoms with van der Waals surface area (Å²) in [6.45, 7) is 1.79. The Labute approximate surface area is 516 Å². The molecule has 4 aromatic heterocycles. The summed E-state index contributed by atoms with van der Waals surface area (Å²) in [5.74, 6) is -8.29. The summed E-state index contributed by atoms with van der Waals surface area (Å²) in [5, 5.41) is 33.4. The van der Waals surface area contributed by atoms with Gasteiger partial charge in [-0.3, -0.25) is 9.59 Å². The molecule has 0 aliphatic heterocycles. The number of aromatic amines is 1. The van der Waals surface area contributed by atoms with Gasteiger partial charge in [-0.05, 0) is 93.7 Å². The molecule has 0 spiro atoms. The molecule has 9 aromatic rings. The largest absolute Gasteiger partial charge is 1.00 e. The fraction of sp³-hybridized carbons (Fsp3) is 0.258. The number of carboxylic acid groups (broad SMARTS) is 2. The molecule has 2 fully saturated rings. The second-order valence-electron chi connectivity index (χ2n) is 20.9. The molecule has 0 saturated heterocycles. The Bertz CT molecular complexity index is 4170. The molecule has 2 saturated carbocycles. The summed E-state index contributed by atoms with van der Waals surface area (Å²) in [6.07, 6.45) is 10.2. The van der Waals surface area contributed by atoms with Gasteiger partial charge in [0.15, 0.2) is 52.3 Å². The second kappa shape index (κ2) is 28.0. The summed E-state index contributed by atoms with van der Waals surface area (Å²) in [4.78, 5) is 68.2. The number of hydrogen-bond acceptors (Lipinski definition) is 13. The van der Waals surface area contributed by atoms with Gasteiger partial charge in [0.25, 0.3) is 10.0 Å². The first-order chi connectivity index (χ1) is 41.2. The topological polar surface area (TPSA) is 262 Å². The zero-order chi connectivity index (χ0) is 61.6. The number of carbonyl (C=O) groups excluding carboxylic acids is 2. The van der Waals surface area contributed by atoms with E-state index in [2.05, 4.69) is 35.6 Å². The van der Waals surface area contributed by atoms with Crippen molar-refractivity contribution in [1.82, 2.24) is 28.9 Å². The van der Waals surface area contributed by atoms with Crippen LogP contribution in [0.2, 0.25) is 0 Å². The van der Waals surface area contributed by atoms with Gasteiger partial charge in [0.05, 0.1) is 33.9 Å². The number of hydrogen-bond donors (Lipinski definition) is 5. The number of fused-ring (bicyclic) bond motifs is 2. The van der Waals surface area contributed by atoms with Crippen LogP contribution in [0, 0.1) is 53.7 Å². The molecule has 0 unspecified atom stereocenters. The Balaban J connectivity index is 0.000000223. The summed E-state index contributed by atoms with van der Waals surface area (Å²) < 4.78 is 115. The zero-order valence-corrected chi connectivity index (χ0v) is 49.9. The molecule has 11 rings (SSSR count). The van der Waals surface area contributed by atoms with Crippen molar-refractivity contribution >= 4 is 67.0 Å². The van der Waals surface area contributed by atoms with E-state index in [9.17, 15) is 55.4 Å². The van der Waals surface area contributed by atoms with E-state index in [0.717, 1.165) is 81.6 Å². The van der Waals surface area contributed by atoms with Gasteiger partial charge in [0.2, 0.25) is 0 Å². The number of H-pyrrole nitrogens is 1. The first-order valence-electron chi connectivity index (χ1n) is 27.2.